The number of aliphatic hydroxyl groups is 1. The highest BCUT2D eigenvalue weighted by atomic mass is 16.5. The zero-order chi connectivity index (χ0) is 22.3. The van der Waals surface area contributed by atoms with Crippen LogP contribution in [0.25, 0.3) is 10.8 Å². The standard InChI is InChI=1S/C23H23NO4.C2H6/c1-5-15-11-20-19(12-21(15)28-4)17(9-14(2)25)13-24-22(20)23(26)16-7-6-8-18(10-16)27-3;1-2/h6-8,10-13,25H,2,5,9H2,1,3-4H3;1-2H3. The van der Waals surface area contributed by atoms with Gasteiger partial charge < -0.3 is 14.6 Å². The lowest BCUT2D eigenvalue weighted by molar-refractivity contribution is 0.103. The number of aliphatic hydroxyl groups excluding tert-OH is 1. The number of aromatic nitrogens is 1. The molecule has 0 atom stereocenters. The highest BCUT2D eigenvalue weighted by Gasteiger charge is 2.19. The molecular formula is C25H29NO4. The van der Waals surface area contributed by atoms with Gasteiger partial charge in [-0.1, -0.05) is 39.5 Å². The molecule has 1 heterocycles. The van der Waals surface area contributed by atoms with Crippen LogP contribution < -0.4 is 9.47 Å². The van der Waals surface area contributed by atoms with E-state index in [2.05, 4.69) is 11.6 Å². The number of ketones is 1. The number of ether oxygens (including phenoxy) is 2. The Labute approximate surface area is 178 Å². The number of pyridine rings is 1. The van der Waals surface area contributed by atoms with E-state index in [1.807, 2.05) is 32.9 Å². The molecule has 0 radical (unpaired) electrons. The van der Waals surface area contributed by atoms with Crippen molar-refractivity contribution in [3.63, 3.8) is 0 Å². The first-order valence-electron chi connectivity index (χ1n) is 10.0. The SMILES string of the molecule is C=C(O)Cc1cnc(C(=O)c2cccc(OC)c2)c2cc(CC)c(OC)cc12.CC. The fraction of sp³-hybridized carbons (Fsp3) is 0.280. The number of methoxy groups -OCH3 is 2. The average molecular weight is 408 g/mol. The maximum Gasteiger partial charge on any atom is 0.212 e. The van der Waals surface area contributed by atoms with Crippen molar-refractivity contribution in [3.05, 3.63) is 77.3 Å². The summed E-state index contributed by atoms with van der Waals surface area (Å²) >= 11 is 0. The Hall–Kier alpha value is -3.34. The van der Waals surface area contributed by atoms with Gasteiger partial charge in [0, 0.05) is 23.6 Å². The Morgan fingerprint density at radius 1 is 1.07 bits per heavy atom. The van der Waals surface area contributed by atoms with Gasteiger partial charge in [0.2, 0.25) is 5.78 Å². The van der Waals surface area contributed by atoms with Crippen LogP contribution in [0.5, 0.6) is 11.5 Å². The molecule has 0 saturated carbocycles. The van der Waals surface area contributed by atoms with E-state index < -0.39 is 0 Å². The van der Waals surface area contributed by atoms with Gasteiger partial charge >= 0.3 is 0 Å². The lowest BCUT2D eigenvalue weighted by Crippen LogP contribution is -2.07. The van der Waals surface area contributed by atoms with E-state index in [1.165, 1.54) is 0 Å². The zero-order valence-electron chi connectivity index (χ0n) is 18.3. The third-order valence-electron chi connectivity index (χ3n) is 4.69. The molecule has 0 fully saturated rings. The average Bonchev–Trinajstić information content (AvgIpc) is 2.78. The second-order valence-electron chi connectivity index (χ2n) is 6.50. The van der Waals surface area contributed by atoms with Crippen molar-refractivity contribution in [3.8, 4) is 11.5 Å². The van der Waals surface area contributed by atoms with Crippen LogP contribution in [0, 0.1) is 0 Å². The number of rotatable bonds is 7. The molecule has 0 unspecified atom stereocenters. The minimum absolute atomic E-state index is 0.0357. The van der Waals surface area contributed by atoms with Crippen LogP contribution in [0.2, 0.25) is 0 Å². The number of hydrogen-bond acceptors (Lipinski definition) is 5. The lowest BCUT2D eigenvalue weighted by Gasteiger charge is -2.14. The number of fused-ring (bicyclic) bond motifs is 1. The Morgan fingerprint density at radius 3 is 2.40 bits per heavy atom. The lowest BCUT2D eigenvalue weighted by atomic mass is 9.95. The van der Waals surface area contributed by atoms with Crippen LogP contribution in [0.4, 0.5) is 0 Å². The van der Waals surface area contributed by atoms with Crippen molar-refractivity contribution < 1.29 is 19.4 Å². The predicted octanol–water partition coefficient (Wildman–Crippen LogP) is 5.69. The first-order valence-corrected chi connectivity index (χ1v) is 10.0. The van der Waals surface area contributed by atoms with Gasteiger partial charge in [-0.2, -0.15) is 0 Å². The highest BCUT2D eigenvalue weighted by Crippen LogP contribution is 2.32. The molecule has 0 bridgehead atoms. The number of hydrogen-bond donors (Lipinski definition) is 1. The van der Waals surface area contributed by atoms with Crippen LogP contribution in [0.3, 0.4) is 0 Å². The Morgan fingerprint density at radius 2 is 1.80 bits per heavy atom. The summed E-state index contributed by atoms with van der Waals surface area (Å²) in [4.78, 5) is 17.6. The number of allylic oxidation sites excluding steroid dienone is 1. The summed E-state index contributed by atoms with van der Waals surface area (Å²) in [6.45, 7) is 9.60. The maximum absolute atomic E-state index is 13.2. The molecule has 0 aliphatic carbocycles. The molecule has 2 aromatic carbocycles. The van der Waals surface area contributed by atoms with E-state index in [-0.39, 0.29) is 18.0 Å². The van der Waals surface area contributed by atoms with Gasteiger partial charge in [0.15, 0.2) is 0 Å². The van der Waals surface area contributed by atoms with Crippen molar-refractivity contribution in [2.45, 2.75) is 33.6 Å². The molecule has 3 rings (SSSR count). The summed E-state index contributed by atoms with van der Waals surface area (Å²) in [6.07, 6.45) is 2.62. The summed E-state index contributed by atoms with van der Waals surface area (Å²) in [6, 6.07) is 10.8. The molecule has 0 spiro atoms. The number of benzene rings is 2. The topological polar surface area (TPSA) is 68.7 Å². The quantitative estimate of drug-likeness (QED) is 0.403. The fourth-order valence-electron chi connectivity index (χ4n) is 3.28. The maximum atomic E-state index is 13.2. The van der Waals surface area contributed by atoms with Crippen molar-refractivity contribution in [1.82, 2.24) is 4.98 Å². The van der Waals surface area contributed by atoms with Gasteiger partial charge in [0.25, 0.3) is 0 Å². The van der Waals surface area contributed by atoms with Gasteiger partial charge in [0.05, 0.1) is 20.0 Å². The first-order chi connectivity index (χ1) is 14.5. The molecular weight excluding hydrogens is 378 g/mol. The molecule has 1 N–H and O–H groups in total. The molecule has 30 heavy (non-hydrogen) atoms. The molecule has 0 saturated heterocycles. The Bertz CT molecular complexity index is 1060. The second-order valence-corrected chi connectivity index (χ2v) is 6.50. The van der Waals surface area contributed by atoms with Gasteiger partial charge in [-0.05, 0) is 47.2 Å². The van der Waals surface area contributed by atoms with Crippen LogP contribution in [-0.2, 0) is 12.8 Å². The Balaban J connectivity index is 0.00000155. The normalized spacial score (nSPS) is 10.2. The summed E-state index contributed by atoms with van der Waals surface area (Å²) in [5, 5.41) is 11.2. The van der Waals surface area contributed by atoms with Crippen LogP contribution >= 0.6 is 0 Å². The van der Waals surface area contributed by atoms with Crippen molar-refractivity contribution in [2.24, 2.45) is 0 Å². The minimum atomic E-state index is -0.189. The molecule has 3 aromatic rings. The van der Waals surface area contributed by atoms with Crippen LogP contribution in [0.1, 0.15) is 48.0 Å². The van der Waals surface area contributed by atoms with Crippen molar-refractivity contribution in [1.29, 1.82) is 0 Å². The monoisotopic (exact) mass is 407 g/mol. The fourth-order valence-corrected chi connectivity index (χ4v) is 3.28. The van der Waals surface area contributed by atoms with E-state index in [0.717, 1.165) is 34.1 Å². The van der Waals surface area contributed by atoms with Crippen LogP contribution in [-0.4, -0.2) is 30.1 Å². The third-order valence-corrected chi connectivity index (χ3v) is 4.69. The van der Waals surface area contributed by atoms with Gasteiger partial charge in [-0.25, -0.2) is 0 Å². The number of aryl methyl sites for hydroxylation is 1. The highest BCUT2D eigenvalue weighted by molar-refractivity contribution is 6.15. The Kier molecular flexibility index (Phi) is 7.98. The van der Waals surface area contributed by atoms with Gasteiger partial charge in [-0.3, -0.25) is 9.78 Å². The minimum Gasteiger partial charge on any atom is -0.513 e. The summed E-state index contributed by atoms with van der Waals surface area (Å²) in [5.41, 5.74) is 2.62. The van der Waals surface area contributed by atoms with E-state index in [0.29, 0.717) is 17.0 Å². The zero-order valence-corrected chi connectivity index (χ0v) is 18.3. The molecule has 0 amide bonds. The molecule has 0 aliphatic rings. The van der Waals surface area contributed by atoms with E-state index in [1.54, 1.807) is 44.7 Å². The second kappa shape index (κ2) is 10.4. The largest absolute Gasteiger partial charge is 0.513 e. The number of carbonyl (C=O) groups is 1. The molecule has 0 aliphatic heterocycles. The van der Waals surface area contributed by atoms with Crippen LogP contribution in [0.15, 0.2) is 54.9 Å². The molecule has 5 nitrogen and oxygen atoms in total. The molecule has 5 heteroatoms. The first kappa shape index (κ1) is 22.9. The summed E-state index contributed by atoms with van der Waals surface area (Å²) in [7, 11) is 3.18. The third kappa shape index (κ3) is 4.79. The van der Waals surface area contributed by atoms with Gasteiger partial charge in [-0.15, -0.1) is 0 Å². The van der Waals surface area contributed by atoms with Crippen molar-refractivity contribution in [2.75, 3.05) is 14.2 Å². The van der Waals surface area contributed by atoms with Gasteiger partial charge in [0.1, 0.15) is 17.2 Å². The summed E-state index contributed by atoms with van der Waals surface area (Å²) in [5.74, 6) is 1.20. The van der Waals surface area contributed by atoms with E-state index in [9.17, 15) is 9.90 Å². The van der Waals surface area contributed by atoms with Crippen molar-refractivity contribution >= 4 is 16.6 Å². The number of carbonyl (C=O) groups excluding carboxylic acids is 1. The van der Waals surface area contributed by atoms with E-state index in [4.69, 9.17) is 9.47 Å². The molecule has 158 valence electrons. The van der Waals surface area contributed by atoms with E-state index >= 15 is 0 Å². The summed E-state index contributed by atoms with van der Waals surface area (Å²) < 4.78 is 10.7. The predicted molar refractivity (Wildman–Crippen MR) is 121 cm³/mol. The molecule has 1 aromatic heterocycles. The number of nitrogens with zero attached hydrogens (tertiary/aromatic N) is 1. The smallest absolute Gasteiger partial charge is 0.212 e.